The fourth-order valence-electron chi connectivity index (χ4n) is 2.42. The number of para-hydroxylation sites is 2. The Morgan fingerprint density at radius 1 is 0.806 bits per heavy atom. The Morgan fingerprint density at radius 3 is 2.13 bits per heavy atom. The minimum absolute atomic E-state index is 0.135. The summed E-state index contributed by atoms with van der Waals surface area (Å²) in [6, 6.07) is 22.9. The van der Waals surface area contributed by atoms with Crippen molar-refractivity contribution in [3.8, 4) is 11.5 Å². The van der Waals surface area contributed by atoms with Gasteiger partial charge in [0.2, 0.25) is 0 Å². The van der Waals surface area contributed by atoms with E-state index in [2.05, 4.69) is 15.8 Å². The van der Waals surface area contributed by atoms with Crippen molar-refractivity contribution in [1.82, 2.24) is 5.43 Å². The van der Waals surface area contributed by atoms with Crippen molar-refractivity contribution in [2.24, 2.45) is 5.10 Å². The molecule has 158 valence electrons. The molecule has 3 rings (SSSR count). The van der Waals surface area contributed by atoms with Crippen molar-refractivity contribution in [2.75, 3.05) is 18.5 Å². The number of halogens is 1. The van der Waals surface area contributed by atoms with Gasteiger partial charge in [0, 0.05) is 0 Å². The van der Waals surface area contributed by atoms with E-state index in [0.29, 0.717) is 22.2 Å². The summed E-state index contributed by atoms with van der Waals surface area (Å²) in [6.45, 7) is -0.291. The molecule has 3 aromatic carbocycles. The third-order valence-corrected chi connectivity index (χ3v) is 4.24. The Morgan fingerprint density at radius 2 is 1.42 bits per heavy atom. The monoisotopic (exact) mass is 437 g/mol. The third-order valence-electron chi connectivity index (χ3n) is 3.91. The van der Waals surface area contributed by atoms with Gasteiger partial charge in [-0.3, -0.25) is 9.59 Å². The van der Waals surface area contributed by atoms with Crippen molar-refractivity contribution in [3.05, 3.63) is 89.4 Å². The fraction of sp³-hybridized carbons (Fsp3) is 0.0870. The number of nitrogens with zero attached hydrogens (tertiary/aromatic N) is 1. The number of hydrogen-bond acceptors (Lipinski definition) is 5. The highest BCUT2D eigenvalue weighted by Gasteiger charge is 2.06. The molecule has 31 heavy (non-hydrogen) atoms. The van der Waals surface area contributed by atoms with Crippen LogP contribution >= 0.6 is 11.6 Å². The molecule has 0 radical (unpaired) electrons. The van der Waals surface area contributed by atoms with E-state index in [1.807, 2.05) is 18.2 Å². The van der Waals surface area contributed by atoms with Crippen molar-refractivity contribution in [2.45, 2.75) is 0 Å². The SMILES string of the molecule is O=C(COc1ccccc1)N/N=C/c1ccc(OCC(=O)Nc2ccccc2Cl)cc1. The van der Waals surface area contributed by atoms with Gasteiger partial charge in [-0.2, -0.15) is 5.10 Å². The number of rotatable bonds is 9. The zero-order valence-electron chi connectivity index (χ0n) is 16.5. The van der Waals surface area contributed by atoms with E-state index < -0.39 is 0 Å². The average Bonchev–Trinajstić information content (AvgIpc) is 2.79. The standard InChI is InChI=1S/C23H20ClN3O4/c24-20-8-4-5-9-21(20)26-22(28)15-30-19-12-10-17(11-13-19)14-25-27-23(29)16-31-18-6-2-1-3-7-18/h1-14H,15-16H2,(H,26,28)(H,27,29)/b25-14+. The van der Waals surface area contributed by atoms with Crippen LogP contribution in [0.4, 0.5) is 5.69 Å². The maximum absolute atomic E-state index is 12.0. The smallest absolute Gasteiger partial charge is 0.277 e. The summed E-state index contributed by atoms with van der Waals surface area (Å²) in [5.74, 6) is 0.438. The Labute approximate surface area is 184 Å². The highest BCUT2D eigenvalue weighted by Crippen LogP contribution is 2.20. The quantitative estimate of drug-likeness (QED) is 0.392. The lowest BCUT2D eigenvalue weighted by atomic mass is 10.2. The fourth-order valence-corrected chi connectivity index (χ4v) is 2.61. The Bertz CT molecular complexity index is 1040. The summed E-state index contributed by atoms with van der Waals surface area (Å²) in [5.41, 5.74) is 3.67. The van der Waals surface area contributed by atoms with E-state index >= 15 is 0 Å². The molecule has 0 aliphatic carbocycles. The largest absolute Gasteiger partial charge is 0.484 e. The molecule has 0 fully saturated rings. The second-order valence-corrected chi connectivity index (χ2v) is 6.69. The van der Waals surface area contributed by atoms with E-state index in [4.69, 9.17) is 21.1 Å². The maximum atomic E-state index is 12.0. The first-order valence-electron chi connectivity index (χ1n) is 9.37. The minimum atomic E-state index is -0.371. The van der Waals surface area contributed by atoms with Crippen LogP contribution in [0.2, 0.25) is 5.02 Å². The van der Waals surface area contributed by atoms with Crippen LogP contribution in [0.1, 0.15) is 5.56 Å². The van der Waals surface area contributed by atoms with Gasteiger partial charge in [-0.15, -0.1) is 0 Å². The summed E-state index contributed by atoms with van der Waals surface area (Å²) >= 11 is 6.01. The van der Waals surface area contributed by atoms with E-state index in [-0.39, 0.29) is 25.0 Å². The summed E-state index contributed by atoms with van der Waals surface area (Å²) in [4.78, 5) is 23.7. The predicted molar refractivity (Wildman–Crippen MR) is 120 cm³/mol. The lowest BCUT2D eigenvalue weighted by molar-refractivity contribution is -0.123. The van der Waals surface area contributed by atoms with E-state index in [0.717, 1.165) is 5.56 Å². The molecule has 2 amide bonds. The lowest BCUT2D eigenvalue weighted by Gasteiger charge is -2.08. The molecule has 7 nitrogen and oxygen atoms in total. The summed E-state index contributed by atoms with van der Waals surface area (Å²) in [7, 11) is 0. The topological polar surface area (TPSA) is 89.0 Å². The van der Waals surface area contributed by atoms with Crippen LogP contribution in [-0.4, -0.2) is 31.2 Å². The first-order valence-corrected chi connectivity index (χ1v) is 9.75. The van der Waals surface area contributed by atoms with Crippen LogP contribution in [0.3, 0.4) is 0 Å². The number of nitrogens with one attached hydrogen (secondary N) is 2. The summed E-state index contributed by atoms with van der Waals surface area (Å²) in [5, 5.41) is 7.03. The van der Waals surface area contributed by atoms with E-state index in [1.54, 1.807) is 60.7 Å². The second kappa shape index (κ2) is 11.4. The normalized spacial score (nSPS) is 10.5. The average molecular weight is 438 g/mol. The van der Waals surface area contributed by atoms with Crippen LogP contribution < -0.4 is 20.2 Å². The number of hydrazone groups is 1. The van der Waals surface area contributed by atoms with Crippen LogP contribution in [-0.2, 0) is 9.59 Å². The molecule has 0 aliphatic rings. The van der Waals surface area contributed by atoms with Gasteiger partial charge >= 0.3 is 0 Å². The number of benzene rings is 3. The molecule has 0 bridgehead atoms. The second-order valence-electron chi connectivity index (χ2n) is 6.28. The van der Waals surface area contributed by atoms with Gasteiger partial charge in [0.05, 0.1) is 16.9 Å². The molecule has 3 aromatic rings. The van der Waals surface area contributed by atoms with E-state index in [1.165, 1.54) is 6.21 Å². The van der Waals surface area contributed by atoms with Crippen LogP contribution in [0, 0.1) is 0 Å². The summed E-state index contributed by atoms with van der Waals surface area (Å²) < 4.78 is 10.8. The molecule has 0 atom stereocenters. The Hall–Kier alpha value is -3.84. The van der Waals surface area contributed by atoms with E-state index in [9.17, 15) is 9.59 Å². The minimum Gasteiger partial charge on any atom is -0.484 e. The number of anilines is 1. The van der Waals surface area contributed by atoms with Crippen LogP contribution in [0.5, 0.6) is 11.5 Å². The molecule has 0 saturated heterocycles. The van der Waals surface area contributed by atoms with Crippen molar-refractivity contribution < 1.29 is 19.1 Å². The van der Waals surface area contributed by atoms with Gasteiger partial charge in [0.1, 0.15) is 11.5 Å². The number of amides is 2. The molecule has 0 spiro atoms. The van der Waals surface area contributed by atoms with Gasteiger partial charge in [0.15, 0.2) is 13.2 Å². The highest BCUT2D eigenvalue weighted by molar-refractivity contribution is 6.33. The van der Waals surface area contributed by atoms with Gasteiger partial charge in [-0.1, -0.05) is 41.9 Å². The molecule has 0 saturated carbocycles. The van der Waals surface area contributed by atoms with Crippen molar-refractivity contribution in [3.63, 3.8) is 0 Å². The van der Waals surface area contributed by atoms with Crippen molar-refractivity contribution >= 4 is 35.3 Å². The van der Waals surface area contributed by atoms with Crippen LogP contribution in [0.15, 0.2) is 84.0 Å². The molecule has 0 aliphatic heterocycles. The Balaban J connectivity index is 1.39. The highest BCUT2D eigenvalue weighted by atomic mass is 35.5. The first kappa shape index (κ1) is 21.9. The van der Waals surface area contributed by atoms with Gasteiger partial charge in [-0.05, 0) is 54.1 Å². The number of carbonyl (C=O) groups is 2. The lowest BCUT2D eigenvalue weighted by Crippen LogP contribution is -2.24. The predicted octanol–water partition coefficient (Wildman–Crippen LogP) is 3.89. The molecule has 2 N–H and O–H groups in total. The first-order chi connectivity index (χ1) is 15.1. The maximum Gasteiger partial charge on any atom is 0.277 e. The summed E-state index contributed by atoms with van der Waals surface area (Å²) in [6.07, 6.45) is 1.49. The number of carbonyl (C=O) groups excluding carboxylic acids is 2. The molecular weight excluding hydrogens is 418 g/mol. The molecule has 0 aromatic heterocycles. The Kier molecular flexibility index (Phi) is 8.02. The van der Waals surface area contributed by atoms with Gasteiger partial charge < -0.3 is 14.8 Å². The number of ether oxygens (including phenoxy) is 2. The zero-order valence-corrected chi connectivity index (χ0v) is 17.2. The van der Waals surface area contributed by atoms with Crippen LogP contribution in [0.25, 0.3) is 0 Å². The molecular formula is C23H20ClN3O4. The zero-order chi connectivity index (χ0) is 21.9. The van der Waals surface area contributed by atoms with Crippen molar-refractivity contribution in [1.29, 1.82) is 0 Å². The third kappa shape index (κ3) is 7.49. The number of hydrogen-bond donors (Lipinski definition) is 2. The van der Waals surface area contributed by atoms with Gasteiger partial charge in [0.25, 0.3) is 11.8 Å². The molecule has 0 heterocycles. The van der Waals surface area contributed by atoms with Gasteiger partial charge in [-0.25, -0.2) is 5.43 Å². The molecule has 0 unspecified atom stereocenters. The molecule has 8 heteroatoms.